The molecule has 1 aliphatic heterocycles. The van der Waals surface area contributed by atoms with E-state index in [-0.39, 0.29) is 23.5 Å². The lowest BCUT2D eigenvalue weighted by atomic mass is 9.95. The third-order valence-electron chi connectivity index (χ3n) is 4.36. The van der Waals surface area contributed by atoms with E-state index in [4.69, 9.17) is 11.6 Å². The molecule has 2 heterocycles. The molecule has 0 saturated carbocycles. The Kier molecular flexibility index (Phi) is 5.44. The Morgan fingerprint density at radius 3 is 2.58 bits per heavy atom. The van der Waals surface area contributed by atoms with Crippen molar-refractivity contribution < 1.29 is 9.59 Å². The number of aromatic nitrogens is 2. The average molecular weight is 392 g/mol. The maximum atomic E-state index is 12.9. The van der Waals surface area contributed by atoms with E-state index in [0.29, 0.717) is 28.6 Å². The van der Waals surface area contributed by atoms with Crippen molar-refractivity contribution in [3.8, 4) is 0 Å². The first-order valence-electron chi connectivity index (χ1n) is 8.69. The Morgan fingerprint density at radius 2 is 1.96 bits per heavy atom. The number of nitrogens with zero attached hydrogens (tertiary/aromatic N) is 3. The molecule has 1 fully saturated rings. The van der Waals surface area contributed by atoms with Crippen molar-refractivity contribution in [1.82, 2.24) is 10.2 Å². The van der Waals surface area contributed by atoms with E-state index in [1.807, 2.05) is 0 Å². The molecule has 1 amide bonds. The fourth-order valence-electron chi connectivity index (χ4n) is 3.00. The molecule has 1 aromatic carbocycles. The van der Waals surface area contributed by atoms with Crippen molar-refractivity contribution in [2.75, 3.05) is 4.90 Å². The molecule has 0 radical (unpaired) electrons. The second-order valence-corrected chi connectivity index (χ2v) is 9.04. The first-order chi connectivity index (χ1) is 12.3. The lowest BCUT2D eigenvalue weighted by Crippen LogP contribution is -2.48. The summed E-state index contributed by atoms with van der Waals surface area (Å²) in [4.78, 5) is 27.1. The molecule has 0 spiro atoms. The van der Waals surface area contributed by atoms with Gasteiger partial charge >= 0.3 is 0 Å². The number of carbonyl (C=O) groups is 2. The summed E-state index contributed by atoms with van der Waals surface area (Å²) in [6.07, 6.45) is 2.05. The van der Waals surface area contributed by atoms with Gasteiger partial charge in [0, 0.05) is 22.5 Å². The number of amides is 1. The summed E-state index contributed by atoms with van der Waals surface area (Å²) < 4.78 is 0. The van der Waals surface area contributed by atoms with E-state index >= 15 is 0 Å². The topological polar surface area (TPSA) is 63.2 Å². The fraction of sp³-hybridized carbons (Fsp3) is 0.474. The molecule has 0 aliphatic carbocycles. The zero-order valence-electron chi connectivity index (χ0n) is 15.2. The van der Waals surface area contributed by atoms with Crippen LogP contribution < -0.4 is 4.90 Å². The summed E-state index contributed by atoms with van der Waals surface area (Å²) in [7, 11) is 0. The van der Waals surface area contributed by atoms with Crippen LogP contribution in [0, 0.1) is 0 Å². The molecule has 1 aliphatic rings. The van der Waals surface area contributed by atoms with Crippen LogP contribution in [-0.4, -0.2) is 27.9 Å². The first-order valence-corrected chi connectivity index (χ1v) is 9.88. The number of rotatable bonds is 4. The van der Waals surface area contributed by atoms with Gasteiger partial charge < -0.3 is 4.90 Å². The van der Waals surface area contributed by atoms with Crippen LogP contribution in [0.25, 0.3) is 0 Å². The molecular formula is C19H22ClN3O2S. The predicted molar refractivity (Wildman–Crippen MR) is 104 cm³/mol. The van der Waals surface area contributed by atoms with Gasteiger partial charge in [-0.05, 0) is 37.1 Å². The van der Waals surface area contributed by atoms with Crippen molar-refractivity contribution in [2.24, 2.45) is 0 Å². The van der Waals surface area contributed by atoms with Crippen LogP contribution >= 0.6 is 22.9 Å². The summed E-state index contributed by atoms with van der Waals surface area (Å²) in [5, 5.41) is 10.6. The van der Waals surface area contributed by atoms with Crippen LogP contribution in [-0.2, 0) is 21.4 Å². The standard InChI is InChI=1S/C19H22ClN3O2S/c1-19(2,3)18-22-21-16(26-18)11-15(24)14-5-4-6-17(25)23(14)13-9-7-12(20)8-10-13/h7-10,14H,4-6,11H2,1-3H3/t14-/m0/s1. The van der Waals surface area contributed by atoms with Crippen LogP contribution in [0.15, 0.2) is 24.3 Å². The van der Waals surface area contributed by atoms with Crippen LogP contribution in [0.1, 0.15) is 50.0 Å². The van der Waals surface area contributed by atoms with Crippen molar-refractivity contribution in [3.63, 3.8) is 0 Å². The van der Waals surface area contributed by atoms with Crippen LogP contribution in [0.2, 0.25) is 5.02 Å². The number of Topliss-reactive ketones (excluding diaryl/α,β-unsaturated/α-hetero) is 1. The second-order valence-electron chi connectivity index (χ2n) is 7.54. The highest BCUT2D eigenvalue weighted by molar-refractivity contribution is 7.11. The molecule has 3 rings (SSSR count). The zero-order chi connectivity index (χ0) is 18.9. The minimum Gasteiger partial charge on any atom is -0.302 e. The summed E-state index contributed by atoms with van der Waals surface area (Å²) in [5.41, 5.74) is 0.625. The number of anilines is 1. The Morgan fingerprint density at radius 1 is 1.27 bits per heavy atom. The Hall–Kier alpha value is -1.79. The van der Waals surface area contributed by atoms with Gasteiger partial charge in [0.2, 0.25) is 5.91 Å². The van der Waals surface area contributed by atoms with Crippen LogP contribution in [0.5, 0.6) is 0 Å². The van der Waals surface area contributed by atoms with Crippen molar-refractivity contribution in [3.05, 3.63) is 39.3 Å². The molecule has 5 nitrogen and oxygen atoms in total. The fourth-order valence-corrected chi connectivity index (χ4v) is 4.03. The van der Waals surface area contributed by atoms with E-state index in [9.17, 15) is 9.59 Å². The van der Waals surface area contributed by atoms with Gasteiger partial charge in [-0.1, -0.05) is 32.4 Å². The van der Waals surface area contributed by atoms with Crippen molar-refractivity contribution in [1.29, 1.82) is 0 Å². The van der Waals surface area contributed by atoms with Gasteiger partial charge in [-0.25, -0.2) is 0 Å². The normalized spacial score (nSPS) is 18.2. The molecule has 0 N–H and O–H groups in total. The van der Waals surface area contributed by atoms with Gasteiger partial charge in [-0.15, -0.1) is 21.5 Å². The van der Waals surface area contributed by atoms with Gasteiger partial charge in [0.25, 0.3) is 0 Å². The molecule has 1 saturated heterocycles. The molecule has 1 aromatic heterocycles. The molecular weight excluding hydrogens is 370 g/mol. The third kappa shape index (κ3) is 4.13. The van der Waals surface area contributed by atoms with Gasteiger partial charge in [0.05, 0.1) is 12.5 Å². The summed E-state index contributed by atoms with van der Waals surface area (Å²) in [6.45, 7) is 6.21. The molecule has 7 heteroatoms. The number of carbonyl (C=O) groups excluding carboxylic acids is 2. The Balaban J connectivity index is 1.80. The van der Waals surface area contributed by atoms with E-state index in [2.05, 4.69) is 31.0 Å². The third-order valence-corrected chi connectivity index (χ3v) is 5.96. The largest absolute Gasteiger partial charge is 0.302 e. The van der Waals surface area contributed by atoms with E-state index < -0.39 is 6.04 Å². The Bertz CT molecular complexity index is 811. The van der Waals surface area contributed by atoms with Gasteiger partial charge in [0.15, 0.2) is 5.78 Å². The lowest BCUT2D eigenvalue weighted by molar-refractivity contribution is -0.126. The van der Waals surface area contributed by atoms with Gasteiger partial charge in [0.1, 0.15) is 10.0 Å². The van der Waals surface area contributed by atoms with Crippen LogP contribution in [0.4, 0.5) is 5.69 Å². The highest BCUT2D eigenvalue weighted by Crippen LogP contribution is 2.29. The van der Waals surface area contributed by atoms with E-state index in [1.165, 1.54) is 11.3 Å². The number of hydrogen-bond acceptors (Lipinski definition) is 5. The quantitative estimate of drug-likeness (QED) is 0.784. The van der Waals surface area contributed by atoms with Crippen LogP contribution in [0.3, 0.4) is 0 Å². The summed E-state index contributed by atoms with van der Waals surface area (Å²) in [6, 6.07) is 6.59. The van der Waals surface area contributed by atoms with Crippen molar-refractivity contribution in [2.45, 2.75) is 57.9 Å². The highest BCUT2D eigenvalue weighted by Gasteiger charge is 2.34. The molecule has 0 unspecified atom stereocenters. The second kappa shape index (κ2) is 7.45. The number of benzene rings is 1. The van der Waals surface area contributed by atoms with Crippen molar-refractivity contribution >= 4 is 40.3 Å². The first kappa shape index (κ1) is 19.0. The Labute approximate surface area is 162 Å². The SMILES string of the molecule is CC(C)(C)c1nnc(CC(=O)[C@@H]2CCCC(=O)N2c2ccc(Cl)cc2)s1. The number of halogens is 1. The van der Waals surface area contributed by atoms with Gasteiger partial charge in [-0.3, -0.25) is 9.59 Å². The smallest absolute Gasteiger partial charge is 0.227 e. The average Bonchev–Trinajstić information content (AvgIpc) is 3.04. The predicted octanol–water partition coefficient (Wildman–Crippen LogP) is 4.19. The summed E-state index contributed by atoms with van der Waals surface area (Å²) >= 11 is 7.42. The molecule has 0 bridgehead atoms. The molecule has 26 heavy (non-hydrogen) atoms. The molecule has 1 atom stereocenters. The number of hydrogen-bond donors (Lipinski definition) is 0. The number of piperidine rings is 1. The molecule has 2 aromatic rings. The maximum absolute atomic E-state index is 12.9. The van der Waals surface area contributed by atoms with E-state index in [1.54, 1.807) is 29.2 Å². The van der Waals surface area contributed by atoms with Gasteiger partial charge in [-0.2, -0.15) is 0 Å². The highest BCUT2D eigenvalue weighted by atomic mass is 35.5. The number of ketones is 1. The summed E-state index contributed by atoms with van der Waals surface area (Å²) in [5.74, 6) is -0.0193. The minimum atomic E-state index is -0.459. The molecule has 138 valence electrons. The maximum Gasteiger partial charge on any atom is 0.227 e. The monoisotopic (exact) mass is 391 g/mol. The zero-order valence-corrected chi connectivity index (χ0v) is 16.7. The lowest BCUT2D eigenvalue weighted by Gasteiger charge is -2.34. The van der Waals surface area contributed by atoms with E-state index in [0.717, 1.165) is 11.4 Å². The minimum absolute atomic E-state index is 0.00427.